The van der Waals surface area contributed by atoms with Crippen LogP contribution < -0.4 is 10.6 Å². The SMILES string of the molecule is CN(O)C(=O)Nc1ccc(Cc2ccc(NC(=O)N(C)O)cc2)cc1. The van der Waals surface area contributed by atoms with E-state index in [1.54, 1.807) is 24.3 Å². The maximum Gasteiger partial charge on any atom is 0.345 e. The van der Waals surface area contributed by atoms with E-state index < -0.39 is 12.1 Å². The standard InChI is InChI=1S/C17H20N4O4/c1-20(24)16(22)18-14-7-3-12(4-8-14)11-13-5-9-15(10-6-13)19-17(23)21(2)25/h3-10,24-25H,11H2,1-2H3,(H,18,22)(H,19,23). The maximum atomic E-state index is 11.4. The second-order valence-electron chi connectivity index (χ2n) is 5.48. The molecule has 0 aliphatic rings. The van der Waals surface area contributed by atoms with Gasteiger partial charge in [0.15, 0.2) is 0 Å². The first-order chi connectivity index (χ1) is 11.8. The minimum atomic E-state index is -0.612. The molecule has 4 N–H and O–H groups in total. The fourth-order valence-electron chi connectivity index (χ4n) is 2.06. The van der Waals surface area contributed by atoms with E-state index in [2.05, 4.69) is 10.6 Å². The van der Waals surface area contributed by atoms with Crippen LogP contribution in [0, 0.1) is 0 Å². The predicted molar refractivity (Wildman–Crippen MR) is 92.8 cm³/mol. The molecule has 0 aliphatic carbocycles. The van der Waals surface area contributed by atoms with Crippen molar-refractivity contribution >= 4 is 23.4 Å². The molecule has 8 nitrogen and oxygen atoms in total. The van der Waals surface area contributed by atoms with Crippen LogP contribution in [0.1, 0.15) is 11.1 Å². The van der Waals surface area contributed by atoms with Crippen molar-refractivity contribution in [3.63, 3.8) is 0 Å². The summed E-state index contributed by atoms with van der Waals surface area (Å²) in [5.41, 5.74) is 3.26. The number of nitrogens with zero attached hydrogens (tertiary/aromatic N) is 2. The first-order valence-electron chi connectivity index (χ1n) is 7.50. The fourth-order valence-corrected chi connectivity index (χ4v) is 2.06. The van der Waals surface area contributed by atoms with Gasteiger partial charge in [-0.25, -0.2) is 19.7 Å². The molecule has 2 aromatic rings. The van der Waals surface area contributed by atoms with Gasteiger partial charge in [0.05, 0.1) is 0 Å². The molecule has 132 valence electrons. The molecule has 0 aromatic heterocycles. The van der Waals surface area contributed by atoms with Crippen molar-refractivity contribution in [3.05, 3.63) is 59.7 Å². The molecule has 8 heteroatoms. The van der Waals surface area contributed by atoms with Crippen LogP contribution in [0.25, 0.3) is 0 Å². The Morgan fingerprint density at radius 1 is 0.760 bits per heavy atom. The van der Waals surface area contributed by atoms with Crippen LogP contribution in [0.5, 0.6) is 0 Å². The average molecular weight is 344 g/mol. The molecule has 0 heterocycles. The molecule has 0 atom stereocenters. The highest BCUT2D eigenvalue weighted by Crippen LogP contribution is 2.16. The van der Waals surface area contributed by atoms with Crippen molar-refractivity contribution < 1.29 is 20.0 Å². The molecule has 25 heavy (non-hydrogen) atoms. The van der Waals surface area contributed by atoms with E-state index in [4.69, 9.17) is 10.4 Å². The van der Waals surface area contributed by atoms with E-state index in [9.17, 15) is 9.59 Å². The number of hydroxylamine groups is 4. The highest BCUT2D eigenvalue weighted by Gasteiger charge is 2.07. The molecule has 0 spiro atoms. The van der Waals surface area contributed by atoms with E-state index in [-0.39, 0.29) is 0 Å². The van der Waals surface area contributed by atoms with Gasteiger partial charge in [0.25, 0.3) is 0 Å². The molecular weight excluding hydrogens is 324 g/mol. The lowest BCUT2D eigenvalue weighted by molar-refractivity contribution is -0.0118. The maximum absolute atomic E-state index is 11.4. The monoisotopic (exact) mass is 344 g/mol. The van der Waals surface area contributed by atoms with Crippen LogP contribution in [0.4, 0.5) is 21.0 Å². The number of carbonyl (C=O) groups excluding carboxylic acids is 2. The number of amides is 4. The first-order valence-corrected chi connectivity index (χ1v) is 7.50. The third-order valence-electron chi connectivity index (χ3n) is 3.41. The Labute approximate surface area is 145 Å². The zero-order chi connectivity index (χ0) is 18.4. The van der Waals surface area contributed by atoms with E-state index in [0.29, 0.717) is 27.9 Å². The van der Waals surface area contributed by atoms with Gasteiger partial charge in [-0.15, -0.1) is 0 Å². The number of hydrogen-bond acceptors (Lipinski definition) is 4. The molecule has 2 aromatic carbocycles. The fraction of sp³-hybridized carbons (Fsp3) is 0.176. The third kappa shape index (κ3) is 5.48. The molecule has 0 radical (unpaired) electrons. The normalized spacial score (nSPS) is 10.1. The van der Waals surface area contributed by atoms with Crippen molar-refractivity contribution in [1.29, 1.82) is 0 Å². The highest BCUT2D eigenvalue weighted by molar-refractivity contribution is 5.88. The van der Waals surface area contributed by atoms with Crippen LogP contribution in [-0.4, -0.2) is 46.7 Å². The highest BCUT2D eigenvalue weighted by atomic mass is 16.5. The van der Waals surface area contributed by atoms with E-state index in [1.165, 1.54) is 14.1 Å². The topological polar surface area (TPSA) is 105 Å². The summed E-state index contributed by atoms with van der Waals surface area (Å²) in [7, 11) is 2.49. The van der Waals surface area contributed by atoms with Crippen LogP contribution >= 0.6 is 0 Å². The van der Waals surface area contributed by atoms with Crippen LogP contribution in [0.15, 0.2) is 48.5 Å². The van der Waals surface area contributed by atoms with Crippen molar-refractivity contribution in [3.8, 4) is 0 Å². The summed E-state index contributed by atoms with van der Waals surface area (Å²) in [5.74, 6) is 0. The summed E-state index contributed by atoms with van der Waals surface area (Å²) in [6, 6.07) is 13.3. The van der Waals surface area contributed by atoms with Gasteiger partial charge >= 0.3 is 12.1 Å². The van der Waals surface area contributed by atoms with Gasteiger partial charge in [0.1, 0.15) is 0 Å². The Balaban J connectivity index is 1.95. The number of anilines is 2. The molecule has 0 saturated carbocycles. The van der Waals surface area contributed by atoms with Gasteiger partial charge in [-0.3, -0.25) is 10.4 Å². The van der Waals surface area contributed by atoms with Gasteiger partial charge in [-0.05, 0) is 41.8 Å². The first kappa shape index (κ1) is 18.2. The molecule has 0 bridgehead atoms. The van der Waals surface area contributed by atoms with E-state index >= 15 is 0 Å². The predicted octanol–water partition coefficient (Wildman–Crippen LogP) is 2.98. The summed E-state index contributed by atoms with van der Waals surface area (Å²) < 4.78 is 0. The summed E-state index contributed by atoms with van der Waals surface area (Å²) in [6.45, 7) is 0. The average Bonchev–Trinajstić information content (AvgIpc) is 2.58. The molecule has 0 aliphatic heterocycles. The van der Waals surface area contributed by atoms with Crippen molar-refractivity contribution in [1.82, 2.24) is 10.1 Å². The summed E-state index contributed by atoms with van der Waals surface area (Å²) >= 11 is 0. The lowest BCUT2D eigenvalue weighted by Crippen LogP contribution is -2.27. The van der Waals surface area contributed by atoms with Crippen molar-refractivity contribution in [2.75, 3.05) is 24.7 Å². The number of benzene rings is 2. The van der Waals surface area contributed by atoms with E-state index in [1.807, 2.05) is 24.3 Å². The smallest absolute Gasteiger partial charge is 0.306 e. The van der Waals surface area contributed by atoms with Crippen LogP contribution in [0.2, 0.25) is 0 Å². The van der Waals surface area contributed by atoms with Crippen molar-refractivity contribution in [2.24, 2.45) is 0 Å². The van der Waals surface area contributed by atoms with Crippen molar-refractivity contribution in [2.45, 2.75) is 6.42 Å². The Morgan fingerprint density at radius 2 is 1.08 bits per heavy atom. The lowest BCUT2D eigenvalue weighted by atomic mass is 10.0. The largest absolute Gasteiger partial charge is 0.345 e. The second-order valence-corrected chi connectivity index (χ2v) is 5.48. The second kappa shape index (κ2) is 8.13. The molecule has 0 saturated heterocycles. The molecule has 2 rings (SSSR count). The number of rotatable bonds is 4. The summed E-state index contributed by atoms with van der Waals surface area (Å²) in [6.07, 6.45) is 0.683. The van der Waals surface area contributed by atoms with Gasteiger partial charge in [0.2, 0.25) is 0 Å². The minimum absolute atomic E-state index is 0.475. The number of carbonyl (C=O) groups is 2. The van der Waals surface area contributed by atoms with Gasteiger partial charge in [0, 0.05) is 25.5 Å². The van der Waals surface area contributed by atoms with E-state index in [0.717, 1.165) is 11.1 Å². The van der Waals surface area contributed by atoms with Crippen LogP contribution in [-0.2, 0) is 6.42 Å². The summed E-state index contributed by atoms with van der Waals surface area (Å²) in [4.78, 5) is 22.7. The Kier molecular flexibility index (Phi) is 5.93. The van der Waals surface area contributed by atoms with Gasteiger partial charge in [-0.2, -0.15) is 0 Å². The Hall–Kier alpha value is -3.10. The number of hydrogen-bond donors (Lipinski definition) is 4. The molecule has 0 fully saturated rings. The van der Waals surface area contributed by atoms with Gasteiger partial charge < -0.3 is 10.6 Å². The lowest BCUT2D eigenvalue weighted by Gasteiger charge is -2.11. The molecule has 4 amide bonds. The minimum Gasteiger partial charge on any atom is -0.306 e. The zero-order valence-electron chi connectivity index (χ0n) is 13.9. The van der Waals surface area contributed by atoms with Crippen LogP contribution in [0.3, 0.4) is 0 Å². The number of urea groups is 2. The Morgan fingerprint density at radius 3 is 1.36 bits per heavy atom. The Bertz CT molecular complexity index is 664. The molecule has 0 unspecified atom stereocenters. The quantitative estimate of drug-likeness (QED) is 0.505. The zero-order valence-corrected chi connectivity index (χ0v) is 13.9. The number of nitrogens with one attached hydrogen (secondary N) is 2. The van der Waals surface area contributed by atoms with Gasteiger partial charge in [-0.1, -0.05) is 24.3 Å². The summed E-state index contributed by atoms with van der Waals surface area (Å²) in [5, 5.41) is 24.1. The molecular formula is C17H20N4O4. The third-order valence-corrected chi connectivity index (χ3v) is 3.41.